The number of nitrogens with one attached hydrogen (secondary N) is 2. The zero-order valence-electron chi connectivity index (χ0n) is 11.8. The molecular weight excluding hydrogens is 270 g/mol. The van der Waals surface area contributed by atoms with Gasteiger partial charge in [-0.2, -0.15) is 0 Å². The van der Waals surface area contributed by atoms with Gasteiger partial charge in [0, 0.05) is 18.3 Å². The fourth-order valence-electron chi connectivity index (χ4n) is 1.93. The van der Waals surface area contributed by atoms with E-state index in [1.54, 1.807) is 0 Å². The Kier molecular flexibility index (Phi) is 4.71. The minimum absolute atomic E-state index is 0.116. The minimum atomic E-state index is -0.577. The second-order valence-electron chi connectivity index (χ2n) is 4.66. The molecule has 0 aliphatic heterocycles. The number of H-pyrrole nitrogens is 1. The van der Waals surface area contributed by atoms with Crippen LogP contribution < -0.4 is 16.6 Å². The molecule has 1 amide bonds. The van der Waals surface area contributed by atoms with Crippen molar-refractivity contribution in [1.29, 1.82) is 0 Å². The highest BCUT2D eigenvalue weighted by Crippen LogP contribution is 1.97. The van der Waals surface area contributed by atoms with Crippen LogP contribution in [0.1, 0.15) is 18.1 Å². The van der Waals surface area contributed by atoms with Crippen LogP contribution in [0.2, 0.25) is 0 Å². The summed E-state index contributed by atoms with van der Waals surface area (Å²) in [5, 5.41) is 2.74. The van der Waals surface area contributed by atoms with Crippen molar-refractivity contribution >= 4 is 5.91 Å². The number of hydrogen-bond acceptors (Lipinski definition) is 3. The van der Waals surface area contributed by atoms with Crippen LogP contribution >= 0.6 is 0 Å². The Morgan fingerprint density at radius 2 is 1.95 bits per heavy atom. The summed E-state index contributed by atoms with van der Waals surface area (Å²) < 4.78 is 1.21. The largest absolute Gasteiger partial charge is 0.350 e. The Balaban J connectivity index is 2.03. The van der Waals surface area contributed by atoms with E-state index in [4.69, 9.17) is 0 Å². The van der Waals surface area contributed by atoms with E-state index in [1.807, 2.05) is 37.3 Å². The van der Waals surface area contributed by atoms with Gasteiger partial charge in [0.25, 0.3) is 5.56 Å². The van der Waals surface area contributed by atoms with E-state index in [0.29, 0.717) is 18.5 Å². The maximum absolute atomic E-state index is 11.9. The summed E-state index contributed by atoms with van der Waals surface area (Å²) in [5.74, 6) is -0.282. The first-order valence-electron chi connectivity index (χ1n) is 6.73. The Bertz CT molecular complexity index is 732. The molecule has 0 saturated carbocycles. The molecule has 0 aliphatic carbocycles. The highest BCUT2D eigenvalue weighted by molar-refractivity contribution is 5.75. The number of aromatic amines is 1. The summed E-state index contributed by atoms with van der Waals surface area (Å²) in [5.41, 5.74) is 0.481. The molecule has 0 unspecified atom stereocenters. The molecular formula is C15H17N3O3. The fourth-order valence-corrected chi connectivity index (χ4v) is 1.93. The van der Waals surface area contributed by atoms with E-state index >= 15 is 0 Å². The lowest BCUT2D eigenvalue weighted by molar-refractivity contribution is -0.121. The molecule has 2 aromatic rings. The maximum Gasteiger partial charge on any atom is 0.328 e. The lowest BCUT2D eigenvalue weighted by Crippen LogP contribution is -2.36. The van der Waals surface area contributed by atoms with Crippen molar-refractivity contribution in [3.8, 4) is 0 Å². The molecule has 0 aliphatic rings. The van der Waals surface area contributed by atoms with Crippen LogP contribution in [0, 0.1) is 0 Å². The summed E-state index contributed by atoms with van der Waals surface area (Å²) in [6.45, 7) is 2.10. The van der Waals surface area contributed by atoms with E-state index in [0.717, 1.165) is 5.56 Å². The Hall–Kier alpha value is -2.63. The van der Waals surface area contributed by atoms with Gasteiger partial charge in [0.15, 0.2) is 0 Å². The quantitative estimate of drug-likeness (QED) is 0.835. The molecule has 2 N–H and O–H groups in total. The highest BCUT2D eigenvalue weighted by atomic mass is 16.2. The second-order valence-corrected chi connectivity index (χ2v) is 4.66. The molecule has 1 aromatic carbocycles. The zero-order valence-corrected chi connectivity index (χ0v) is 11.8. The Labute approximate surface area is 121 Å². The first-order chi connectivity index (χ1) is 10.1. The average Bonchev–Trinajstić information content (AvgIpc) is 2.49. The number of carbonyl (C=O) groups is 1. The van der Waals surface area contributed by atoms with Gasteiger partial charge in [-0.1, -0.05) is 37.3 Å². The Morgan fingerprint density at radius 3 is 2.62 bits per heavy atom. The summed E-state index contributed by atoms with van der Waals surface area (Å²) in [6, 6.07) is 9.49. The van der Waals surface area contributed by atoms with Crippen molar-refractivity contribution in [1.82, 2.24) is 14.9 Å². The number of benzene rings is 1. The van der Waals surface area contributed by atoms with Gasteiger partial charge in [-0.15, -0.1) is 0 Å². The molecule has 0 radical (unpaired) electrons. The topological polar surface area (TPSA) is 84.0 Å². The number of aryl methyl sites for hydroxylation is 1. The van der Waals surface area contributed by atoms with E-state index in [1.165, 1.54) is 10.8 Å². The number of nitrogens with zero attached hydrogens (tertiary/aromatic N) is 1. The van der Waals surface area contributed by atoms with Crippen molar-refractivity contribution in [3.05, 3.63) is 68.5 Å². The molecule has 1 heterocycles. The molecule has 21 heavy (non-hydrogen) atoms. The van der Waals surface area contributed by atoms with Crippen molar-refractivity contribution in [2.24, 2.45) is 0 Å². The molecule has 6 heteroatoms. The number of carbonyl (C=O) groups excluding carboxylic acids is 1. The van der Waals surface area contributed by atoms with Crippen LogP contribution in [0.5, 0.6) is 0 Å². The third kappa shape index (κ3) is 3.92. The van der Waals surface area contributed by atoms with Crippen molar-refractivity contribution in [3.63, 3.8) is 0 Å². The number of rotatable bonds is 5. The molecule has 0 saturated heterocycles. The number of hydrogen-bond donors (Lipinski definition) is 2. The lowest BCUT2D eigenvalue weighted by atomic mass is 10.2. The zero-order chi connectivity index (χ0) is 15.2. The molecule has 2 rings (SSSR count). The summed E-state index contributed by atoms with van der Waals surface area (Å²) in [6.07, 6.45) is 1.94. The molecule has 0 bridgehead atoms. The molecule has 110 valence electrons. The van der Waals surface area contributed by atoms with Crippen LogP contribution in [0.3, 0.4) is 0 Å². The highest BCUT2D eigenvalue weighted by Gasteiger charge is 2.07. The standard InChI is InChI=1S/C15H17N3O3/c1-2-12-9-18(15(21)17-14(12)20)10-13(19)16-8-11-6-4-3-5-7-11/h3-7,9H,2,8,10H2,1H3,(H,16,19)(H,17,20,21). The maximum atomic E-state index is 11.9. The minimum Gasteiger partial charge on any atom is -0.350 e. The smallest absolute Gasteiger partial charge is 0.328 e. The van der Waals surface area contributed by atoms with Gasteiger partial charge < -0.3 is 5.32 Å². The third-order valence-corrected chi connectivity index (χ3v) is 3.11. The first kappa shape index (κ1) is 14.8. The van der Waals surface area contributed by atoms with E-state index in [9.17, 15) is 14.4 Å². The molecule has 0 atom stereocenters. The van der Waals surface area contributed by atoms with Gasteiger partial charge in [0.2, 0.25) is 5.91 Å². The molecule has 6 nitrogen and oxygen atoms in total. The van der Waals surface area contributed by atoms with Crippen molar-refractivity contribution in [2.45, 2.75) is 26.4 Å². The monoisotopic (exact) mass is 287 g/mol. The SMILES string of the molecule is CCc1cn(CC(=O)NCc2ccccc2)c(=O)[nH]c1=O. The van der Waals surface area contributed by atoms with Gasteiger partial charge in [0.1, 0.15) is 6.54 Å². The van der Waals surface area contributed by atoms with Crippen LogP contribution in [0.4, 0.5) is 0 Å². The van der Waals surface area contributed by atoms with Gasteiger partial charge >= 0.3 is 5.69 Å². The molecule has 0 spiro atoms. The summed E-state index contributed by atoms with van der Waals surface area (Å²) in [4.78, 5) is 37.2. The number of amides is 1. The van der Waals surface area contributed by atoms with Crippen LogP contribution in [0.25, 0.3) is 0 Å². The predicted molar refractivity (Wildman–Crippen MR) is 79.0 cm³/mol. The van der Waals surface area contributed by atoms with Crippen molar-refractivity contribution in [2.75, 3.05) is 0 Å². The van der Waals surface area contributed by atoms with Gasteiger partial charge in [-0.05, 0) is 12.0 Å². The van der Waals surface area contributed by atoms with E-state index < -0.39 is 11.2 Å². The van der Waals surface area contributed by atoms with Crippen LogP contribution in [0.15, 0.2) is 46.1 Å². The summed E-state index contributed by atoms with van der Waals surface area (Å²) in [7, 11) is 0. The number of aromatic nitrogens is 2. The van der Waals surface area contributed by atoms with Crippen molar-refractivity contribution < 1.29 is 4.79 Å². The normalized spacial score (nSPS) is 10.3. The lowest BCUT2D eigenvalue weighted by Gasteiger charge is -2.08. The fraction of sp³-hybridized carbons (Fsp3) is 0.267. The average molecular weight is 287 g/mol. The third-order valence-electron chi connectivity index (χ3n) is 3.11. The van der Waals surface area contributed by atoms with Gasteiger partial charge in [-0.25, -0.2) is 4.79 Å². The Morgan fingerprint density at radius 1 is 1.24 bits per heavy atom. The first-order valence-corrected chi connectivity index (χ1v) is 6.73. The van der Waals surface area contributed by atoms with Crippen LogP contribution in [-0.4, -0.2) is 15.5 Å². The summed E-state index contributed by atoms with van der Waals surface area (Å²) >= 11 is 0. The van der Waals surface area contributed by atoms with Gasteiger partial charge in [-0.3, -0.25) is 19.1 Å². The van der Waals surface area contributed by atoms with Crippen LogP contribution in [-0.2, 0) is 24.3 Å². The predicted octanol–water partition coefficient (Wildman–Crippen LogP) is 0.415. The van der Waals surface area contributed by atoms with E-state index in [-0.39, 0.29) is 12.5 Å². The second kappa shape index (κ2) is 6.69. The van der Waals surface area contributed by atoms with Gasteiger partial charge in [0.05, 0.1) is 0 Å². The van der Waals surface area contributed by atoms with E-state index in [2.05, 4.69) is 10.3 Å². The molecule has 0 fully saturated rings. The molecule has 1 aromatic heterocycles.